The summed E-state index contributed by atoms with van der Waals surface area (Å²) in [4.78, 5) is 16.0. The van der Waals surface area contributed by atoms with Crippen molar-refractivity contribution in [2.24, 2.45) is 16.8 Å². The summed E-state index contributed by atoms with van der Waals surface area (Å²) < 4.78 is 28.2. The van der Waals surface area contributed by atoms with Gasteiger partial charge in [-0.05, 0) is 83.0 Å². The molecule has 0 amide bonds. The molecule has 36 heavy (non-hydrogen) atoms. The van der Waals surface area contributed by atoms with E-state index in [1.165, 1.54) is 18.4 Å². The number of nitrogens with zero attached hydrogens (tertiary/aromatic N) is 4. The van der Waals surface area contributed by atoms with Gasteiger partial charge in [-0.1, -0.05) is 24.5 Å². The Kier molecular flexibility index (Phi) is 7.98. The average Bonchev–Trinajstić information content (AvgIpc) is 3.68. The highest BCUT2D eigenvalue weighted by molar-refractivity contribution is 7.90. The van der Waals surface area contributed by atoms with Gasteiger partial charge in [0.25, 0.3) is 0 Å². The summed E-state index contributed by atoms with van der Waals surface area (Å²) in [5.74, 6) is 5.19. The molecule has 0 saturated heterocycles. The number of likely N-dealkylation sites (N-methyl/N-ethyl adjacent to an activating group) is 1. The quantitative estimate of drug-likeness (QED) is 0.520. The first kappa shape index (κ1) is 26.5. The molecule has 2 unspecified atom stereocenters. The molecule has 0 radical (unpaired) electrons. The molecule has 194 valence electrons. The van der Waals surface area contributed by atoms with Crippen LogP contribution < -0.4 is 10.0 Å². The maximum Gasteiger partial charge on any atom is 0.217 e. The van der Waals surface area contributed by atoms with E-state index in [0.717, 1.165) is 30.8 Å². The fourth-order valence-electron chi connectivity index (χ4n) is 4.77. The van der Waals surface area contributed by atoms with E-state index in [0.29, 0.717) is 49.1 Å². The van der Waals surface area contributed by atoms with Crippen LogP contribution in [0.25, 0.3) is 5.57 Å². The van der Waals surface area contributed by atoms with Crippen LogP contribution in [0.5, 0.6) is 0 Å². The first-order valence-electron chi connectivity index (χ1n) is 12.8. The summed E-state index contributed by atoms with van der Waals surface area (Å²) in [6.07, 6.45) is 17.2. The second-order valence-electron chi connectivity index (χ2n) is 10.6. The summed E-state index contributed by atoms with van der Waals surface area (Å²) in [6, 6.07) is 0. The number of allylic oxidation sites excluding steroid dienone is 3. The lowest BCUT2D eigenvalue weighted by atomic mass is 9.81. The zero-order valence-corrected chi connectivity index (χ0v) is 22.7. The number of aromatic nitrogens is 2. The SMILES string of the molecule is C#Cc1cnc(C2=CCC(C)(S(=O)(=O)NCCN(C)C)C(C)C2)nc1NC1=NCCCC(C2CC2)=C1. The molecule has 2 aliphatic carbocycles. The molecular formula is C27H38N6O2S. The van der Waals surface area contributed by atoms with Crippen LogP contribution in [0, 0.1) is 24.2 Å². The minimum absolute atomic E-state index is 0.114. The highest BCUT2D eigenvalue weighted by atomic mass is 32.2. The van der Waals surface area contributed by atoms with Crippen LogP contribution in [-0.2, 0) is 10.0 Å². The van der Waals surface area contributed by atoms with Crippen LogP contribution in [0.4, 0.5) is 5.82 Å². The predicted molar refractivity (Wildman–Crippen MR) is 146 cm³/mol. The number of sulfonamides is 1. The summed E-state index contributed by atoms with van der Waals surface area (Å²) >= 11 is 0. The van der Waals surface area contributed by atoms with Gasteiger partial charge in [0.15, 0.2) is 11.6 Å². The number of anilines is 1. The van der Waals surface area contributed by atoms with Gasteiger partial charge in [0, 0.05) is 25.8 Å². The Bertz CT molecular complexity index is 1220. The monoisotopic (exact) mass is 510 g/mol. The van der Waals surface area contributed by atoms with Crippen molar-refractivity contribution in [3.8, 4) is 12.3 Å². The summed E-state index contributed by atoms with van der Waals surface area (Å²) in [5.41, 5.74) is 2.97. The van der Waals surface area contributed by atoms with Crippen molar-refractivity contribution in [2.75, 3.05) is 39.0 Å². The second-order valence-corrected chi connectivity index (χ2v) is 12.9. The van der Waals surface area contributed by atoms with E-state index >= 15 is 0 Å². The molecule has 0 aromatic carbocycles. The lowest BCUT2D eigenvalue weighted by Gasteiger charge is -2.38. The molecule has 2 N–H and O–H groups in total. The maximum absolute atomic E-state index is 13.2. The Balaban J connectivity index is 1.54. The van der Waals surface area contributed by atoms with Gasteiger partial charge in [0.2, 0.25) is 10.0 Å². The molecule has 1 aliphatic heterocycles. The number of nitrogens with one attached hydrogen (secondary N) is 2. The van der Waals surface area contributed by atoms with Crippen LogP contribution in [0.2, 0.25) is 0 Å². The predicted octanol–water partition coefficient (Wildman–Crippen LogP) is 3.45. The van der Waals surface area contributed by atoms with E-state index in [2.05, 4.69) is 27.0 Å². The van der Waals surface area contributed by atoms with E-state index in [-0.39, 0.29) is 5.92 Å². The van der Waals surface area contributed by atoms with Crippen LogP contribution in [-0.4, -0.2) is 67.6 Å². The summed E-state index contributed by atoms with van der Waals surface area (Å²) in [7, 11) is 0.343. The molecule has 8 nitrogen and oxygen atoms in total. The van der Waals surface area contributed by atoms with Gasteiger partial charge in [-0.2, -0.15) is 0 Å². The molecule has 1 saturated carbocycles. The average molecular weight is 511 g/mol. The Labute approximate surface area is 215 Å². The van der Waals surface area contributed by atoms with Crippen molar-refractivity contribution in [1.82, 2.24) is 19.6 Å². The van der Waals surface area contributed by atoms with E-state index in [1.54, 1.807) is 6.20 Å². The number of terminal acetylenes is 1. The van der Waals surface area contributed by atoms with Crippen LogP contribution in [0.1, 0.15) is 63.8 Å². The standard InChI is InChI=1S/C27H38N6O2S/c1-6-20-18-29-25(32-26(20)31-24-17-22(21-9-10-21)8-7-13-28-24)23-11-12-27(3,19(2)16-23)36(34,35)30-14-15-33(4)5/h1,11,17-19,21,30H,7-10,12-16H2,2-5H3,(H,28,29,31,32). The molecular weight excluding hydrogens is 472 g/mol. The van der Waals surface area contributed by atoms with E-state index in [1.807, 2.05) is 38.9 Å². The Morgan fingerprint density at radius 3 is 2.75 bits per heavy atom. The minimum Gasteiger partial charge on any atom is -0.324 e. The third-order valence-corrected chi connectivity index (χ3v) is 9.98. The van der Waals surface area contributed by atoms with Gasteiger partial charge < -0.3 is 10.2 Å². The van der Waals surface area contributed by atoms with Crippen molar-refractivity contribution >= 4 is 27.2 Å². The third kappa shape index (κ3) is 5.88. The Hall–Kier alpha value is -2.54. The molecule has 0 spiro atoms. The fraction of sp³-hybridized carbons (Fsp3) is 0.593. The second kappa shape index (κ2) is 10.8. The molecule has 1 fully saturated rings. The number of aliphatic imine (C=N–C) groups is 1. The molecule has 2 heterocycles. The lowest BCUT2D eigenvalue weighted by Crippen LogP contribution is -2.50. The number of hydrogen-bond acceptors (Lipinski definition) is 7. The van der Waals surface area contributed by atoms with Crippen molar-refractivity contribution in [2.45, 2.75) is 57.1 Å². The Morgan fingerprint density at radius 2 is 2.08 bits per heavy atom. The number of hydrogen-bond donors (Lipinski definition) is 2. The molecule has 3 aliphatic rings. The first-order chi connectivity index (χ1) is 17.1. The summed E-state index contributed by atoms with van der Waals surface area (Å²) in [6.45, 7) is 5.62. The van der Waals surface area contributed by atoms with Crippen molar-refractivity contribution in [3.63, 3.8) is 0 Å². The zero-order valence-electron chi connectivity index (χ0n) is 21.8. The van der Waals surface area contributed by atoms with Gasteiger partial charge in [0.05, 0.1) is 10.3 Å². The largest absolute Gasteiger partial charge is 0.324 e. The minimum atomic E-state index is -3.51. The highest BCUT2D eigenvalue weighted by Gasteiger charge is 2.45. The van der Waals surface area contributed by atoms with Gasteiger partial charge in [0.1, 0.15) is 5.84 Å². The van der Waals surface area contributed by atoms with Crippen molar-refractivity contribution in [1.29, 1.82) is 0 Å². The molecule has 4 rings (SSSR count). The molecule has 1 aromatic rings. The van der Waals surface area contributed by atoms with E-state index in [4.69, 9.17) is 16.4 Å². The lowest BCUT2D eigenvalue weighted by molar-refractivity contribution is 0.382. The normalized spacial score (nSPS) is 24.9. The zero-order chi connectivity index (χ0) is 25.9. The Morgan fingerprint density at radius 1 is 1.31 bits per heavy atom. The maximum atomic E-state index is 13.2. The van der Waals surface area contributed by atoms with Crippen LogP contribution >= 0.6 is 0 Å². The molecule has 1 aromatic heterocycles. The first-order valence-corrected chi connectivity index (χ1v) is 14.3. The van der Waals surface area contributed by atoms with Gasteiger partial charge in [-0.25, -0.2) is 23.1 Å². The number of rotatable bonds is 8. The summed E-state index contributed by atoms with van der Waals surface area (Å²) in [5, 5.41) is 3.36. The van der Waals surface area contributed by atoms with Gasteiger partial charge in [-0.15, -0.1) is 6.42 Å². The van der Waals surface area contributed by atoms with Crippen LogP contribution in [0.3, 0.4) is 0 Å². The molecule has 0 bridgehead atoms. The third-order valence-electron chi connectivity index (χ3n) is 7.59. The van der Waals surface area contributed by atoms with E-state index < -0.39 is 14.8 Å². The van der Waals surface area contributed by atoms with Crippen molar-refractivity contribution < 1.29 is 8.42 Å². The number of amidine groups is 1. The molecule has 9 heteroatoms. The highest BCUT2D eigenvalue weighted by Crippen LogP contribution is 2.41. The molecule has 2 atom stereocenters. The fourth-order valence-corrected chi connectivity index (χ4v) is 6.37. The van der Waals surface area contributed by atoms with Gasteiger partial charge in [-0.3, -0.25) is 4.99 Å². The van der Waals surface area contributed by atoms with Crippen LogP contribution in [0.15, 0.2) is 28.9 Å². The topological polar surface area (TPSA) is 99.6 Å². The van der Waals surface area contributed by atoms with E-state index in [9.17, 15) is 8.42 Å². The van der Waals surface area contributed by atoms with Gasteiger partial charge >= 0.3 is 0 Å². The van der Waals surface area contributed by atoms with Crippen molar-refractivity contribution in [3.05, 3.63) is 35.3 Å². The smallest absolute Gasteiger partial charge is 0.217 e.